The van der Waals surface area contributed by atoms with Crippen LogP contribution in [0.25, 0.3) is 0 Å². The van der Waals surface area contributed by atoms with Gasteiger partial charge in [0.1, 0.15) is 11.4 Å². The lowest BCUT2D eigenvalue weighted by molar-refractivity contribution is -0.137. The Labute approximate surface area is 159 Å². The highest BCUT2D eigenvalue weighted by atomic mass is 32.2. The van der Waals surface area contributed by atoms with E-state index >= 15 is 0 Å². The zero-order valence-electron chi connectivity index (χ0n) is 14.6. The number of carbonyl (C=O) groups excluding carboxylic acids is 1. The monoisotopic (exact) mass is 411 g/mol. The Kier molecular flexibility index (Phi) is 4.27. The summed E-state index contributed by atoms with van der Waals surface area (Å²) in [5.41, 5.74) is -1.40. The average Bonchev–Trinajstić information content (AvgIpc) is 3.05. The highest BCUT2D eigenvalue weighted by Gasteiger charge is 2.49. The van der Waals surface area contributed by atoms with Crippen molar-refractivity contribution in [3.63, 3.8) is 0 Å². The van der Waals surface area contributed by atoms with Crippen LogP contribution in [0.5, 0.6) is 5.75 Å². The number of hydrogen-bond donors (Lipinski definition) is 0. The molecule has 148 valence electrons. The van der Waals surface area contributed by atoms with E-state index in [1.54, 1.807) is 24.3 Å². The molecular formula is C19H16F3NO4S. The van der Waals surface area contributed by atoms with Crippen molar-refractivity contribution >= 4 is 15.8 Å². The van der Waals surface area contributed by atoms with Crippen LogP contribution >= 0.6 is 0 Å². The molecule has 2 aromatic rings. The second kappa shape index (κ2) is 6.31. The van der Waals surface area contributed by atoms with Gasteiger partial charge in [0.05, 0.1) is 29.0 Å². The summed E-state index contributed by atoms with van der Waals surface area (Å²) in [7, 11) is -4.00. The molecule has 9 heteroatoms. The first-order valence-electron chi connectivity index (χ1n) is 8.59. The molecule has 2 aromatic carbocycles. The highest BCUT2D eigenvalue weighted by molar-refractivity contribution is 7.89. The molecule has 5 nitrogen and oxygen atoms in total. The lowest BCUT2D eigenvalue weighted by Crippen LogP contribution is -2.45. The number of nitrogens with zero attached hydrogens (tertiary/aromatic N) is 1. The van der Waals surface area contributed by atoms with Crippen molar-refractivity contribution in [1.82, 2.24) is 4.31 Å². The summed E-state index contributed by atoms with van der Waals surface area (Å²) in [5, 5.41) is 0. The fraction of sp³-hybridized carbons (Fsp3) is 0.316. The van der Waals surface area contributed by atoms with E-state index in [2.05, 4.69) is 0 Å². The Morgan fingerprint density at radius 3 is 2.39 bits per heavy atom. The summed E-state index contributed by atoms with van der Waals surface area (Å²) in [4.78, 5) is 12.2. The number of rotatable bonds is 2. The number of alkyl halides is 3. The minimum atomic E-state index is -4.54. The molecule has 4 rings (SSSR count). The molecule has 1 saturated heterocycles. The van der Waals surface area contributed by atoms with Gasteiger partial charge >= 0.3 is 6.18 Å². The number of Topliss-reactive ketones (excluding diaryl/α,β-unsaturated/α-hetero) is 1. The first-order valence-corrected chi connectivity index (χ1v) is 10.0. The van der Waals surface area contributed by atoms with Crippen molar-refractivity contribution in [1.29, 1.82) is 0 Å². The van der Waals surface area contributed by atoms with Gasteiger partial charge < -0.3 is 4.74 Å². The Hall–Kier alpha value is -2.39. The van der Waals surface area contributed by atoms with Gasteiger partial charge in [0, 0.05) is 13.0 Å². The number of benzene rings is 2. The Morgan fingerprint density at radius 2 is 1.71 bits per heavy atom. The predicted molar refractivity (Wildman–Crippen MR) is 93.6 cm³/mol. The lowest BCUT2D eigenvalue weighted by Gasteiger charge is -2.34. The standard InChI is InChI=1S/C19H16F3NO4S/c20-19(21,22)13-5-7-14(8-6-13)28(25,26)23-10-9-18(12-23)11-16(24)15-3-1-2-4-17(15)27-18/h1-8H,9-12H2. The molecule has 2 aliphatic rings. The van der Waals surface area contributed by atoms with Gasteiger partial charge in [0.2, 0.25) is 10.0 Å². The molecular weight excluding hydrogens is 395 g/mol. The molecule has 0 aromatic heterocycles. The van der Waals surface area contributed by atoms with Crippen LogP contribution in [-0.2, 0) is 16.2 Å². The van der Waals surface area contributed by atoms with Crippen LogP contribution in [0, 0.1) is 0 Å². The van der Waals surface area contributed by atoms with Gasteiger partial charge in [-0.3, -0.25) is 4.79 Å². The van der Waals surface area contributed by atoms with Crippen LogP contribution in [0.1, 0.15) is 28.8 Å². The predicted octanol–water partition coefficient (Wildman–Crippen LogP) is 3.50. The van der Waals surface area contributed by atoms with Crippen molar-refractivity contribution in [2.45, 2.75) is 29.5 Å². The van der Waals surface area contributed by atoms with Gasteiger partial charge in [-0.2, -0.15) is 17.5 Å². The number of sulfonamides is 1. The molecule has 0 saturated carbocycles. The average molecular weight is 411 g/mol. The van der Waals surface area contributed by atoms with Gasteiger partial charge in [-0.25, -0.2) is 8.42 Å². The summed E-state index contributed by atoms with van der Waals surface area (Å²) in [6.45, 7) is 0.0925. The normalized spacial score (nSPS) is 22.9. The van der Waals surface area contributed by atoms with Crippen molar-refractivity contribution in [2.24, 2.45) is 0 Å². The summed E-state index contributed by atoms with van der Waals surface area (Å²) >= 11 is 0. The van der Waals surface area contributed by atoms with Crippen LogP contribution in [0.15, 0.2) is 53.4 Å². The Bertz CT molecular complexity index is 1030. The molecule has 2 heterocycles. The largest absolute Gasteiger partial charge is 0.485 e. The molecule has 2 aliphatic heterocycles. The van der Waals surface area contributed by atoms with E-state index < -0.39 is 27.4 Å². The first kappa shape index (κ1) is 18.9. The maximum atomic E-state index is 12.9. The minimum absolute atomic E-state index is 0.0313. The van der Waals surface area contributed by atoms with E-state index in [9.17, 15) is 26.4 Å². The number of para-hydroxylation sites is 1. The third-order valence-electron chi connectivity index (χ3n) is 5.10. The van der Waals surface area contributed by atoms with Gasteiger partial charge in [-0.1, -0.05) is 12.1 Å². The summed E-state index contributed by atoms with van der Waals surface area (Å²) in [6.07, 6.45) is -4.15. The zero-order chi connectivity index (χ0) is 20.2. The topological polar surface area (TPSA) is 63.7 Å². The van der Waals surface area contributed by atoms with E-state index in [0.717, 1.165) is 28.6 Å². The van der Waals surface area contributed by atoms with Gasteiger partial charge in [0.25, 0.3) is 0 Å². The molecule has 0 bridgehead atoms. The zero-order valence-corrected chi connectivity index (χ0v) is 15.4. The molecule has 1 fully saturated rings. The summed E-state index contributed by atoms with van der Waals surface area (Å²) < 4.78 is 71.0. The maximum absolute atomic E-state index is 12.9. The Balaban J connectivity index is 1.58. The number of halogens is 3. The Morgan fingerprint density at radius 1 is 1.04 bits per heavy atom. The summed E-state index contributed by atoms with van der Waals surface area (Å²) in [6, 6.07) is 10.2. The number of ether oxygens (including phenoxy) is 1. The SMILES string of the molecule is O=C1CC2(CCN(S(=O)(=O)c3ccc(C(F)(F)F)cc3)C2)Oc2ccccc21. The van der Waals surface area contributed by atoms with Crippen molar-refractivity contribution in [2.75, 3.05) is 13.1 Å². The third-order valence-corrected chi connectivity index (χ3v) is 6.96. The summed E-state index contributed by atoms with van der Waals surface area (Å²) in [5.74, 6) is 0.308. The second-order valence-corrected chi connectivity index (χ2v) is 8.93. The highest BCUT2D eigenvalue weighted by Crippen LogP contribution is 2.40. The van der Waals surface area contributed by atoms with Crippen molar-refractivity contribution in [3.8, 4) is 5.75 Å². The lowest BCUT2D eigenvalue weighted by atomic mass is 9.89. The smallest absolute Gasteiger partial charge is 0.416 e. The van der Waals surface area contributed by atoms with Crippen LogP contribution < -0.4 is 4.74 Å². The molecule has 0 amide bonds. The minimum Gasteiger partial charge on any atom is -0.485 e. The van der Waals surface area contributed by atoms with Crippen molar-refractivity contribution in [3.05, 3.63) is 59.7 Å². The quantitative estimate of drug-likeness (QED) is 0.759. The van der Waals surface area contributed by atoms with Crippen molar-refractivity contribution < 1.29 is 31.1 Å². The molecule has 28 heavy (non-hydrogen) atoms. The van der Waals surface area contributed by atoms with Crippen LogP contribution in [0.3, 0.4) is 0 Å². The molecule has 1 spiro atoms. The number of hydrogen-bond acceptors (Lipinski definition) is 4. The van der Waals surface area contributed by atoms with Gasteiger partial charge in [0.15, 0.2) is 5.78 Å². The van der Waals surface area contributed by atoms with E-state index in [-0.39, 0.29) is 30.2 Å². The molecule has 1 unspecified atom stereocenters. The van der Waals surface area contributed by atoms with Gasteiger partial charge in [-0.15, -0.1) is 0 Å². The van der Waals surface area contributed by atoms with E-state index in [1.165, 1.54) is 0 Å². The maximum Gasteiger partial charge on any atom is 0.416 e. The second-order valence-electron chi connectivity index (χ2n) is 6.99. The third kappa shape index (κ3) is 3.18. The van der Waals surface area contributed by atoms with Crippen LogP contribution in [0.4, 0.5) is 13.2 Å². The van der Waals surface area contributed by atoms with Gasteiger partial charge in [-0.05, 0) is 36.4 Å². The van der Waals surface area contributed by atoms with Crippen LogP contribution in [0.2, 0.25) is 0 Å². The fourth-order valence-electron chi connectivity index (χ4n) is 3.65. The van der Waals surface area contributed by atoms with Crippen LogP contribution in [-0.4, -0.2) is 37.2 Å². The molecule has 0 N–H and O–H groups in total. The van der Waals surface area contributed by atoms with E-state index in [4.69, 9.17) is 4.74 Å². The molecule has 0 radical (unpaired) electrons. The number of carbonyl (C=O) groups is 1. The fourth-order valence-corrected chi connectivity index (χ4v) is 5.16. The number of fused-ring (bicyclic) bond motifs is 1. The number of ketones is 1. The first-order chi connectivity index (χ1) is 13.1. The molecule has 0 aliphatic carbocycles. The van der Waals surface area contributed by atoms with E-state index in [0.29, 0.717) is 17.7 Å². The molecule has 1 atom stereocenters. The van der Waals surface area contributed by atoms with E-state index in [1.807, 2.05) is 0 Å².